The van der Waals surface area contributed by atoms with Gasteiger partial charge in [0, 0.05) is 17.1 Å². The van der Waals surface area contributed by atoms with Crippen molar-refractivity contribution in [1.82, 2.24) is 20.0 Å². The number of rotatable bonds is 9. The molecule has 0 saturated heterocycles. The molecule has 0 unspecified atom stereocenters. The largest absolute Gasteiger partial charge is 0.497 e. The van der Waals surface area contributed by atoms with Crippen molar-refractivity contribution in [3.05, 3.63) is 64.8 Å². The molecule has 0 radical (unpaired) electrons. The van der Waals surface area contributed by atoms with Crippen molar-refractivity contribution in [3.8, 4) is 23.1 Å². The Balaban J connectivity index is 2.08. The Morgan fingerprint density at radius 3 is 2.41 bits per heavy atom. The van der Waals surface area contributed by atoms with Gasteiger partial charge in [-0.05, 0) is 76.6 Å². The van der Waals surface area contributed by atoms with Crippen LogP contribution in [0.5, 0.6) is 17.4 Å². The minimum atomic E-state index is -0.116. The van der Waals surface area contributed by atoms with Crippen LogP contribution in [0.25, 0.3) is 5.69 Å². The average molecular weight is 485 g/mol. The molecule has 0 spiro atoms. The highest BCUT2D eigenvalue weighted by atomic mass is 35.5. The fourth-order valence-electron chi connectivity index (χ4n) is 3.51. The van der Waals surface area contributed by atoms with E-state index in [4.69, 9.17) is 26.2 Å². The molecular formula is C26H33ClN4O3. The van der Waals surface area contributed by atoms with Crippen molar-refractivity contribution in [2.45, 2.75) is 59.7 Å². The van der Waals surface area contributed by atoms with E-state index in [9.17, 15) is 4.79 Å². The van der Waals surface area contributed by atoms with Gasteiger partial charge in [-0.25, -0.2) is 9.48 Å². The van der Waals surface area contributed by atoms with Crippen LogP contribution in [0.4, 0.5) is 4.79 Å². The molecule has 0 fully saturated rings. The summed E-state index contributed by atoms with van der Waals surface area (Å²) in [6.07, 6.45) is 0.821. The number of hydrogen-bond acceptors (Lipinski definition) is 4. The van der Waals surface area contributed by atoms with E-state index in [1.165, 1.54) is 0 Å². The number of nitrogens with one attached hydrogen (secondary N) is 1. The lowest BCUT2D eigenvalue weighted by Crippen LogP contribution is -2.46. The molecule has 0 aliphatic heterocycles. The smallest absolute Gasteiger partial charge is 0.318 e. The summed E-state index contributed by atoms with van der Waals surface area (Å²) >= 11 is 6.26. The Kier molecular flexibility index (Phi) is 8.45. The van der Waals surface area contributed by atoms with Crippen LogP contribution in [0.3, 0.4) is 0 Å². The molecule has 0 aliphatic carbocycles. The normalized spacial score (nSPS) is 11.9. The molecule has 3 rings (SSSR count). The van der Waals surface area contributed by atoms with Gasteiger partial charge in [-0.15, -0.1) is 0 Å². The summed E-state index contributed by atoms with van der Waals surface area (Å²) < 4.78 is 13.4. The van der Waals surface area contributed by atoms with E-state index in [2.05, 4.69) is 12.2 Å². The second kappa shape index (κ2) is 11.3. The fraction of sp³-hybridized carbons (Fsp3) is 0.385. The third-order valence-corrected chi connectivity index (χ3v) is 5.82. The molecule has 1 heterocycles. The van der Waals surface area contributed by atoms with E-state index < -0.39 is 0 Å². The molecule has 1 N–H and O–H groups in total. The molecule has 8 heteroatoms. The zero-order chi connectivity index (χ0) is 24.8. The zero-order valence-corrected chi connectivity index (χ0v) is 21.4. The van der Waals surface area contributed by atoms with Gasteiger partial charge in [0.2, 0.25) is 5.88 Å². The van der Waals surface area contributed by atoms with Crippen molar-refractivity contribution in [2.24, 2.45) is 0 Å². The van der Waals surface area contributed by atoms with Crippen molar-refractivity contribution in [2.75, 3.05) is 7.11 Å². The molecule has 7 nitrogen and oxygen atoms in total. The number of amides is 2. The first-order valence-electron chi connectivity index (χ1n) is 11.5. The number of carbonyl (C=O) groups excluding carboxylic acids is 1. The lowest BCUT2D eigenvalue weighted by atomic mass is 10.1. The van der Waals surface area contributed by atoms with E-state index in [-0.39, 0.29) is 18.1 Å². The summed E-state index contributed by atoms with van der Waals surface area (Å²) in [6, 6.07) is 14.7. The van der Waals surface area contributed by atoms with Crippen LogP contribution in [0.1, 0.15) is 45.4 Å². The Hall–Kier alpha value is -3.19. The first kappa shape index (κ1) is 25.4. The van der Waals surface area contributed by atoms with Crippen LogP contribution in [0.15, 0.2) is 48.5 Å². The maximum atomic E-state index is 13.0. The summed E-state index contributed by atoms with van der Waals surface area (Å²) in [5.41, 5.74) is 2.37. The standard InChI is InChI=1S/C26H33ClN4O3/c1-7-18(4)30(26(32)28-17(2)3)16-24-19(5)29-31(21-10-8-9-20(27)15-21)25(24)34-23-13-11-22(33-6)12-14-23/h8-15,17-18H,7,16H2,1-6H3,(H,28,32)/t18-/m0/s1. The first-order chi connectivity index (χ1) is 16.2. The zero-order valence-electron chi connectivity index (χ0n) is 20.6. The van der Waals surface area contributed by atoms with Crippen molar-refractivity contribution < 1.29 is 14.3 Å². The monoisotopic (exact) mass is 484 g/mol. The second-order valence-electron chi connectivity index (χ2n) is 8.53. The molecule has 0 bridgehead atoms. The van der Waals surface area contributed by atoms with Crippen LogP contribution in [-0.2, 0) is 6.54 Å². The first-order valence-corrected chi connectivity index (χ1v) is 11.8. The van der Waals surface area contributed by atoms with Crippen LogP contribution in [0.2, 0.25) is 5.02 Å². The van der Waals surface area contributed by atoms with E-state index >= 15 is 0 Å². The van der Waals surface area contributed by atoms with Gasteiger partial charge in [-0.1, -0.05) is 24.6 Å². The SMILES string of the molecule is CC[C@H](C)N(Cc1c(C)nn(-c2cccc(Cl)c2)c1Oc1ccc(OC)cc1)C(=O)NC(C)C. The number of nitrogens with zero attached hydrogens (tertiary/aromatic N) is 3. The van der Waals surface area contributed by atoms with Gasteiger partial charge in [-0.3, -0.25) is 0 Å². The number of halogens is 1. The van der Waals surface area contributed by atoms with Gasteiger partial charge >= 0.3 is 6.03 Å². The van der Waals surface area contributed by atoms with E-state index in [0.717, 1.165) is 29.1 Å². The van der Waals surface area contributed by atoms with Gasteiger partial charge in [0.15, 0.2) is 0 Å². The molecule has 182 valence electrons. The molecule has 1 aromatic heterocycles. The number of aryl methyl sites for hydroxylation is 1. The predicted octanol–water partition coefficient (Wildman–Crippen LogP) is 6.35. The van der Waals surface area contributed by atoms with Crippen LogP contribution in [-0.4, -0.2) is 39.9 Å². The Labute approximate surface area is 206 Å². The summed E-state index contributed by atoms with van der Waals surface area (Å²) in [7, 11) is 1.62. The number of carbonyl (C=O) groups is 1. The van der Waals surface area contributed by atoms with Gasteiger partial charge < -0.3 is 19.7 Å². The molecule has 0 saturated carbocycles. The molecule has 2 amide bonds. The van der Waals surface area contributed by atoms with Gasteiger partial charge in [0.25, 0.3) is 0 Å². The van der Waals surface area contributed by atoms with Crippen molar-refractivity contribution in [1.29, 1.82) is 0 Å². The number of benzene rings is 2. The third-order valence-electron chi connectivity index (χ3n) is 5.59. The number of aromatic nitrogens is 2. The van der Waals surface area contributed by atoms with Crippen LogP contribution in [0, 0.1) is 6.92 Å². The Morgan fingerprint density at radius 1 is 1.15 bits per heavy atom. The number of ether oxygens (including phenoxy) is 2. The van der Waals surface area contributed by atoms with Crippen LogP contribution >= 0.6 is 11.6 Å². The van der Waals surface area contributed by atoms with Gasteiger partial charge in [0.1, 0.15) is 11.5 Å². The highest BCUT2D eigenvalue weighted by molar-refractivity contribution is 6.30. The maximum Gasteiger partial charge on any atom is 0.318 e. The average Bonchev–Trinajstić information content (AvgIpc) is 3.11. The summed E-state index contributed by atoms with van der Waals surface area (Å²) in [5.74, 6) is 1.91. The van der Waals surface area contributed by atoms with E-state index in [1.54, 1.807) is 11.8 Å². The molecule has 34 heavy (non-hydrogen) atoms. The predicted molar refractivity (Wildman–Crippen MR) is 135 cm³/mol. The molecular weight excluding hydrogens is 452 g/mol. The van der Waals surface area contributed by atoms with Gasteiger partial charge in [0.05, 0.1) is 30.6 Å². The molecule has 0 aliphatic rings. The van der Waals surface area contributed by atoms with Crippen molar-refractivity contribution in [3.63, 3.8) is 0 Å². The highest BCUT2D eigenvalue weighted by Gasteiger charge is 2.26. The molecule has 2 aromatic carbocycles. The maximum absolute atomic E-state index is 13.0. The molecule has 1 atom stereocenters. The quantitative estimate of drug-likeness (QED) is 0.384. The lowest BCUT2D eigenvalue weighted by Gasteiger charge is -2.30. The van der Waals surface area contributed by atoms with E-state index in [0.29, 0.717) is 23.2 Å². The number of hydrogen-bond donors (Lipinski definition) is 1. The minimum absolute atomic E-state index is 0.0292. The third kappa shape index (κ3) is 6.03. The Bertz CT molecular complexity index is 1110. The fourth-order valence-corrected chi connectivity index (χ4v) is 3.70. The highest BCUT2D eigenvalue weighted by Crippen LogP contribution is 2.33. The summed E-state index contributed by atoms with van der Waals surface area (Å²) in [5, 5.41) is 8.37. The number of methoxy groups -OCH3 is 1. The lowest BCUT2D eigenvalue weighted by molar-refractivity contribution is 0.170. The molecule has 3 aromatic rings. The second-order valence-corrected chi connectivity index (χ2v) is 8.96. The van der Waals surface area contributed by atoms with Gasteiger partial charge in [-0.2, -0.15) is 5.10 Å². The topological polar surface area (TPSA) is 68.6 Å². The number of urea groups is 1. The van der Waals surface area contributed by atoms with E-state index in [1.807, 2.05) is 81.1 Å². The summed E-state index contributed by atoms with van der Waals surface area (Å²) in [4.78, 5) is 14.9. The van der Waals surface area contributed by atoms with Crippen LogP contribution < -0.4 is 14.8 Å². The van der Waals surface area contributed by atoms with Crippen molar-refractivity contribution >= 4 is 17.6 Å². The summed E-state index contributed by atoms with van der Waals surface area (Å²) in [6.45, 7) is 10.3. The minimum Gasteiger partial charge on any atom is -0.497 e. The Morgan fingerprint density at radius 2 is 1.82 bits per heavy atom.